The minimum absolute atomic E-state index is 0.155. The Kier molecular flexibility index (Phi) is 4.00. The number of benzene rings is 1. The highest BCUT2D eigenvalue weighted by Gasteiger charge is 2.17. The Hall–Kier alpha value is -1.43. The van der Waals surface area contributed by atoms with E-state index in [2.05, 4.69) is 9.88 Å². The molecule has 1 aliphatic rings. The van der Waals surface area contributed by atoms with Crippen molar-refractivity contribution in [1.82, 2.24) is 14.5 Å². The summed E-state index contributed by atoms with van der Waals surface area (Å²) in [6.45, 7) is 4.13. The molecule has 6 heteroatoms. The zero-order valence-corrected chi connectivity index (χ0v) is 11.8. The van der Waals surface area contributed by atoms with Gasteiger partial charge < -0.3 is 9.30 Å². The molecular formula is C14H16ClN3O2. The molecule has 0 spiro atoms. The van der Waals surface area contributed by atoms with E-state index in [4.69, 9.17) is 16.3 Å². The van der Waals surface area contributed by atoms with Crippen molar-refractivity contribution < 1.29 is 9.53 Å². The van der Waals surface area contributed by atoms with Crippen molar-refractivity contribution in [3.63, 3.8) is 0 Å². The summed E-state index contributed by atoms with van der Waals surface area (Å²) in [5.41, 5.74) is 1.85. The maximum Gasteiger partial charge on any atom is 0.241 e. The van der Waals surface area contributed by atoms with Crippen molar-refractivity contribution in [2.45, 2.75) is 13.1 Å². The van der Waals surface area contributed by atoms with Crippen LogP contribution in [-0.4, -0.2) is 46.0 Å². The second-order valence-electron chi connectivity index (χ2n) is 4.85. The highest BCUT2D eigenvalue weighted by atomic mass is 35.5. The Morgan fingerprint density at radius 2 is 2.05 bits per heavy atom. The van der Waals surface area contributed by atoms with E-state index >= 15 is 0 Å². The van der Waals surface area contributed by atoms with Crippen molar-refractivity contribution in [2.75, 3.05) is 26.3 Å². The molecule has 20 heavy (non-hydrogen) atoms. The Labute approximate surface area is 122 Å². The highest BCUT2D eigenvalue weighted by Crippen LogP contribution is 2.18. The van der Waals surface area contributed by atoms with Crippen molar-refractivity contribution in [2.24, 2.45) is 0 Å². The Balaban J connectivity index is 1.93. The Morgan fingerprint density at radius 1 is 1.30 bits per heavy atom. The molecule has 0 saturated carbocycles. The van der Waals surface area contributed by atoms with Crippen molar-refractivity contribution in [3.05, 3.63) is 30.1 Å². The smallest absolute Gasteiger partial charge is 0.241 e. The lowest BCUT2D eigenvalue weighted by Crippen LogP contribution is -2.36. The standard InChI is InChI=1S/C14H16ClN3O2/c15-13(19)9-18-12-4-2-1-3-11(12)16-14(18)10-17-5-7-20-8-6-17/h1-4H,5-10H2. The normalized spacial score (nSPS) is 16.6. The summed E-state index contributed by atoms with van der Waals surface area (Å²) in [7, 11) is 0. The van der Waals surface area contributed by atoms with Crippen LogP contribution in [0.5, 0.6) is 0 Å². The van der Waals surface area contributed by atoms with Gasteiger partial charge in [-0.3, -0.25) is 9.69 Å². The molecule has 1 fully saturated rings. The first-order chi connectivity index (χ1) is 9.74. The second-order valence-corrected chi connectivity index (χ2v) is 5.27. The molecule has 1 aromatic heterocycles. The first-order valence-corrected chi connectivity index (χ1v) is 7.04. The van der Waals surface area contributed by atoms with E-state index in [0.717, 1.165) is 43.2 Å². The molecule has 5 nitrogen and oxygen atoms in total. The van der Waals surface area contributed by atoms with Crippen LogP contribution in [0.2, 0.25) is 0 Å². The third-order valence-electron chi connectivity index (χ3n) is 3.48. The van der Waals surface area contributed by atoms with E-state index in [0.29, 0.717) is 6.54 Å². The molecule has 1 saturated heterocycles. The number of ether oxygens (including phenoxy) is 1. The van der Waals surface area contributed by atoms with Gasteiger partial charge in [-0.1, -0.05) is 12.1 Å². The number of halogens is 1. The number of rotatable bonds is 4. The molecule has 2 heterocycles. The van der Waals surface area contributed by atoms with Crippen LogP contribution < -0.4 is 0 Å². The fraction of sp³-hybridized carbons (Fsp3) is 0.429. The number of carbonyl (C=O) groups excluding carboxylic acids is 1. The fourth-order valence-corrected chi connectivity index (χ4v) is 2.63. The SMILES string of the molecule is O=C(Cl)Cn1c(CN2CCOCC2)nc2ccccc21. The molecular weight excluding hydrogens is 278 g/mol. The lowest BCUT2D eigenvalue weighted by molar-refractivity contribution is -0.112. The summed E-state index contributed by atoms with van der Waals surface area (Å²) >= 11 is 5.56. The summed E-state index contributed by atoms with van der Waals surface area (Å²) < 4.78 is 7.25. The van der Waals surface area contributed by atoms with Gasteiger partial charge in [-0.2, -0.15) is 0 Å². The average molecular weight is 294 g/mol. The molecule has 3 rings (SSSR count). The van der Waals surface area contributed by atoms with Gasteiger partial charge >= 0.3 is 0 Å². The zero-order valence-electron chi connectivity index (χ0n) is 11.1. The highest BCUT2D eigenvalue weighted by molar-refractivity contribution is 6.63. The van der Waals surface area contributed by atoms with Crippen LogP contribution in [0.3, 0.4) is 0 Å². The number of nitrogens with zero attached hydrogens (tertiary/aromatic N) is 3. The van der Waals surface area contributed by atoms with Crippen LogP contribution >= 0.6 is 11.6 Å². The lowest BCUT2D eigenvalue weighted by Gasteiger charge is -2.26. The molecule has 0 bridgehead atoms. The van der Waals surface area contributed by atoms with Crippen LogP contribution in [-0.2, 0) is 22.6 Å². The fourth-order valence-electron chi connectivity index (χ4n) is 2.51. The largest absolute Gasteiger partial charge is 0.379 e. The van der Waals surface area contributed by atoms with E-state index in [1.165, 1.54) is 0 Å². The predicted molar refractivity (Wildman–Crippen MR) is 76.7 cm³/mol. The summed E-state index contributed by atoms with van der Waals surface area (Å²) in [5.74, 6) is 0.877. The van der Waals surface area contributed by atoms with Gasteiger partial charge in [0.1, 0.15) is 5.82 Å². The first kappa shape index (κ1) is 13.5. The molecule has 0 aliphatic carbocycles. The number of fused-ring (bicyclic) bond motifs is 1. The average Bonchev–Trinajstić information content (AvgIpc) is 2.78. The van der Waals surface area contributed by atoms with E-state index in [1.54, 1.807) is 0 Å². The lowest BCUT2D eigenvalue weighted by atomic mass is 10.3. The first-order valence-electron chi connectivity index (χ1n) is 6.66. The van der Waals surface area contributed by atoms with Gasteiger partial charge in [0.2, 0.25) is 5.24 Å². The molecule has 1 aromatic carbocycles. The van der Waals surface area contributed by atoms with E-state index < -0.39 is 0 Å². The number of imidazole rings is 1. The summed E-state index contributed by atoms with van der Waals surface area (Å²) in [4.78, 5) is 18.2. The number of morpholine rings is 1. The van der Waals surface area contributed by atoms with E-state index in [-0.39, 0.29) is 11.8 Å². The summed E-state index contributed by atoms with van der Waals surface area (Å²) in [6.07, 6.45) is 0. The van der Waals surface area contributed by atoms with Gasteiger partial charge in [0.15, 0.2) is 0 Å². The Bertz CT molecular complexity index is 620. The monoisotopic (exact) mass is 293 g/mol. The molecule has 0 unspecified atom stereocenters. The van der Waals surface area contributed by atoms with Gasteiger partial charge in [-0.15, -0.1) is 0 Å². The summed E-state index contributed by atoms with van der Waals surface area (Å²) in [5, 5.41) is -0.378. The van der Waals surface area contributed by atoms with Crippen molar-refractivity contribution in [1.29, 1.82) is 0 Å². The summed E-state index contributed by atoms with van der Waals surface area (Å²) in [6, 6.07) is 7.80. The van der Waals surface area contributed by atoms with Crippen LogP contribution in [0.25, 0.3) is 11.0 Å². The quantitative estimate of drug-likeness (QED) is 0.804. The van der Waals surface area contributed by atoms with Gasteiger partial charge in [0, 0.05) is 13.1 Å². The topological polar surface area (TPSA) is 47.4 Å². The van der Waals surface area contributed by atoms with Crippen LogP contribution in [0.15, 0.2) is 24.3 Å². The Morgan fingerprint density at radius 3 is 2.80 bits per heavy atom. The van der Waals surface area contributed by atoms with Gasteiger partial charge in [0.25, 0.3) is 0 Å². The minimum atomic E-state index is -0.378. The maximum absolute atomic E-state index is 11.3. The number of hydrogen-bond acceptors (Lipinski definition) is 4. The molecule has 2 aromatic rings. The number of para-hydroxylation sites is 2. The maximum atomic E-state index is 11.3. The molecule has 0 N–H and O–H groups in total. The van der Waals surface area contributed by atoms with Gasteiger partial charge in [-0.05, 0) is 23.7 Å². The number of hydrogen-bond donors (Lipinski definition) is 0. The number of aromatic nitrogens is 2. The van der Waals surface area contributed by atoms with Crippen molar-refractivity contribution >= 4 is 27.9 Å². The van der Waals surface area contributed by atoms with E-state index in [1.807, 2.05) is 28.8 Å². The third-order valence-corrected chi connectivity index (χ3v) is 3.60. The minimum Gasteiger partial charge on any atom is -0.379 e. The van der Waals surface area contributed by atoms with E-state index in [9.17, 15) is 4.79 Å². The number of carbonyl (C=O) groups is 1. The van der Waals surface area contributed by atoms with Crippen LogP contribution in [0.1, 0.15) is 5.82 Å². The van der Waals surface area contributed by atoms with Gasteiger partial charge in [-0.25, -0.2) is 4.98 Å². The second kappa shape index (κ2) is 5.91. The van der Waals surface area contributed by atoms with Crippen molar-refractivity contribution in [3.8, 4) is 0 Å². The molecule has 0 atom stereocenters. The van der Waals surface area contributed by atoms with Crippen LogP contribution in [0.4, 0.5) is 0 Å². The van der Waals surface area contributed by atoms with Gasteiger partial charge in [0.05, 0.1) is 37.3 Å². The molecule has 0 radical (unpaired) electrons. The molecule has 106 valence electrons. The van der Waals surface area contributed by atoms with Crippen LogP contribution in [0, 0.1) is 0 Å². The molecule has 0 amide bonds. The third kappa shape index (κ3) is 2.85. The molecule has 1 aliphatic heterocycles. The predicted octanol–water partition coefficient (Wildman–Crippen LogP) is 1.63. The zero-order chi connectivity index (χ0) is 13.9.